The molecule has 1 aromatic rings. The van der Waals surface area contributed by atoms with Crippen LogP contribution in [0.4, 0.5) is 5.82 Å². The van der Waals surface area contributed by atoms with Gasteiger partial charge < -0.3 is 34.9 Å². The summed E-state index contributed by atoms with van der Waals surface area (Å²) >= 11 is 0. The molecule has 4 heterocycles. The van der Waals surface area contributed by atoms with Crippen LogP contribution >= 0.6 is 0 Å². The van der Waals surface area contributed by atoms with Crippen molar-refractivity contribution in [3.05, 3.63) is 36.8 Å². The molecule has 11 nitrogen and oxygen atoms in total. The minimum absolute atomic E-state index is 0.358. The summed E-state index contributed by atoms with van der Waals surface area (Å²) in [5.41, 5.74) is 0.431. The zero-order valence-electron chi connectivity index (χ0n) is 14.1. The number of imidazole rings is 1. The second-order valence-electron chi connectivity index (χ2n) is 6.20. The first-order valence-electron chi connectivity index (χ1n) is 8.34. The minimum atomic E-state index is -1.50. The number of aromatic nitrogens is 4. The monoisotopic (exact) mass is 377 g/mol. The van der Waals surface area contributed by atoms with Gasteiger partial charge in [0.25, 0.3) is 0 Å². The van der Waals surface area contributed by atoms with Gasteiger partial charge in [0.2, 0.25) is 0 Å². The van der Waals surface area contributed by atoms with E-state index in [0.717, 1.165) is 5.76 Å². The lowest BCUT2D eigenvalue weighted by atomic mass is 9.98. The van der Waals surface area contributed by atoms with E-state index in [1.165, 1.54) is 17.2 Å². The molecule has 144 valence electrons. The highest BCUT2D eigenvalue weighted by molar-refractivity contribution is 5.66. The van der Waals surface area contributed by atoms with Crippen molar-refractivity contribution < 1.29 is 29.6 Å². The fourth-order valence-electron chi connectivity index (χ4n) is 3.06. The molecule has 0 saturated carbocycles. The van der Waals surface area contributed by atoms with Crippen LogP contribution in [0.2, 0.25) is 0 Å². The molecule has 5 atom stereocenters. The van der Waals surface area contributed by atoms with Crippen molar-refractivity contribution >= 4 is 5.82 Å². The Kier molecular flexibility index (Phi) is 4.76. The molecule has 1 saturated heterocycles. The molecule has 1 fully saturated rings. The lowest BCUT2D eigenvalue weighted by molar-refractivity contribution is -0.251. The standard InChI is InChI=1S/C16H19N5O6/c22-5-9-11(23)12(24)13(25)16(27-9)21-7-20-14(10-15(21)19-6-18-10)17-4-8-2-1-3-26-8/h1-3,6-7,9,11-13,16-17,22-25H,4-5H2/t9-,11-,12+,13-,16-/m1/s1. The van der Waals surface area contributed by atoms with E-state index in [0.29, 0.717) is 23.9 Å². The highest BCUT2D eigenvalue weighted by Gasteiger charge is 2.45. The topological polar surface area (TPSA) is 159 Å². The lowest BCUT2D eigenvalue weighted by Crippen LogP contribution is -2.56. The number of aliphatic hydroxyl groups excluding tert-OH is 4. The molecule has 0 bridgehead atoms. The summed E-state index contributed by atoms with van der Waals surface area (Å²) in [4.78, 5) is 12.7. The molecule has 0 radical (unpaired) electrons. The summed E-state index contributed by atoms with van der Waals surface area (Å²) in [6.07, 6.45) is -2.23. The number of hydrogen-bond acceptors (Lipinski definition) is 10. The van der Waals surface area contributed by atoms with Gasteiger partial charge in [0, 0.05) is 0 Å². The van der Waals surface area contributed by atoms with E-state index in [1.807, 2.05) is 6.07 Å². The van der Waals surface area contributed by atoms with E-state index < -0.39 is 37.3 Å². The zero-order valence-corrected chi connectivity index (χ0v) is 14.1. The van der Waals surface area contributed by atoms with Gasteiger partial charge in [-0.05, 0) is 12.1 Å². The normalized spacial score (nSPS) is 28.5. The summed E-state index contributed by atoms with van der Waals surface area (Å²) in [5, 5.41) is 42.7. The third kappa shape index (κ3) is 3.15. The van der Waals surface area contributed by atoms with E-state index >= 15 is 0 Å². The molecule has 3 aliphatic rings. The summed E-state index contributed by atoms with van der Waals surface area (Å²) in [5.74, 6) is 1.53. The van der Waals surface area contributed by atoms with Gasteiger partial charge in [-0.15, -0.1) is 0 Å². The van der Waals surface area contributed by atoms with Crippen LogP contribution in [0.3, 0.4) is 0 Å². The molecule has 1 aromatic heterocycles. The molecular formula is C16H19N5O6. The van der Waals surface area contributed by atoms with Gasteiger partial charge in [0.15, 0.2) is 23.6 Å². The second kappa shape index (κ2) is 7.21. The Labute approximate surface area is 153 Å². The predicted molar refractivity (Wildman–Crippen MR) is 89.5 cm³/mol. The van der Waals surface area contributed by atoms with Crippen LogP contribution in [0.15, 0.2) is 35.5 Å². The Hall–Kier alpha value is -2.57. The van der Waals surface area contributed by atoms with E-state index in [-0.39, 0.29) is 0 Å². The SMILES string of the molecule is OC[C@H]1O[C@@H](n2cnc(NCc3ccco3)c3ncnc2-3)[C@H](O)[C@@H](O)[C@@H]1O. The lowest BCUT2D eigenvalue weighted by Gasteiger charge is -2.41. The number of anilines is 1. The van der Waals surface area contributed by atoms with Crippen LogP contribution in [-0.2, 0) is 11.3 Å². The Bertz CT molecular complexity index is 853. The number of fused-ring (bicyclic) bond motifs is 1. The minimum Gasteiger partial charge on any atom is -0.467 e. The van der Waals surface area contributed by atoms with Crippen molar-refractivity contribution in [3.63, 3.8) is 0 Å². The molecule has 27 heavy (non-hydrogen) atoms. The van der Waals surface area contributed by atoms with E-state index in [2.05, 4.69) is 20.3 Å². The van der Waals surface area contributed by atoms with Crippen molar-refractivity contribution in [3.8, 4) is 11.5 Å². The molecule has 0 amide bonds. The quantitative estimate of drug-likeness (QED) is 0.371. The highest BCUT2D eigenvalue weighted by atomic mass is 16.6. The zero-order chi connectivity index (χ0) is 19.0. The van der Waals surface area contributed by atoms with Gasteiger partial charge in [-0.2, -0.15) is 0 Å². The number of nitrogens with zero attached hydrogens (tertiary/aromatic N) is 4. The Morgan fingerprint density at radius 2 is 1.96 bits per heavy atom. The van der Waals surface area contributed by atoms with Gasteiger partial charge in [-0.3, -0.25) is 4.57 Å². The Morgan fingerprint density at radius 1 is 1.11 bits per heavy atom. The first kappa shape index (κ1) is 17.8. The maximum atomic E-state index is 10.3. The highest BCUT2D eigenvalue weighted by Crippen LogP contribution is 2.33. The molecule has 0 spiro atoms. The summed E-state index contributed by atoms with van der Waals surface area (Å²) in [7, 11) is 0. The van der Waals surface area contributed by atoms with Gasteiger partial charge in [0.1, 0.15) is 42.8 Å². The van der Waals surface area contributed by atoms with Gasteiger partial charge in [-0.25, -0.2) is 15.0 Å². The van der Waals surface area contributed by atoms with Crippen LogP contribution < -0.4 is 5.32 Å². The third-order valence-corrected chi connectivity index (χ3v) is 4.51. The maximum Gasteiger partial charge on any atom is 0.167 e. The Balaban J connectivity index is 1.63. The summed E-state index contributed by atoms with van der Waals surface area (Å²) in [6.45, 7) is -0.125. The van der Waals surface area contributed by atoms with Crippen LogP contribution in [-0.4, -0.2) is 71.0 Å². The van der Waals surface area contributed by atoms with E-state index in [4.69, 9.17) is 9.15 Å². The first-order valence-corrected chi connectivity index (χ1v) is 8.34. The largest absolute Gasteiger partial charge is 0.467 e. The Morgan fingerprint density at radius 3 is 2.70 bits per heavy atom. The predicted octanol–water partition coefficient (Wildman–Crippen LogP) is -1.04. The van der Waals surface area contributed by atoms with Crippen LogP contribution in [0.1, 0.15) is 12.0 Å². The van der Waals surface area contributed by atoms with Crippen LogP contribution in [0.5, 0.6) is 0 Å². The van der Waals surface area contributed by atoms with Gasteiger partial charge >= 0.3 is 0 Å². The van der Waals surface area contributed by atoms with Crippen molar-refractivity contribution in [2.45, 2.75) is 37.2 Å². The summed E-state index contributed by atoms with van der Waals surface area (Å²) < 4.78 is 12.2. The van der Waals surface area contributed by atoms with Gasteiger partial charge in [-0.1, -0.05) is 0 Å². The van der Waals surface area contributed by atoms with Crippen LogP contribution in [0, 0.1) is 0 Å². The average molecular weight is 377 g/mol. The molecule has 11 heteroatoms. The van der Waals surface area contributed by atoms with E-state index in [1.54, 1.807) is 12.3 Å². The third-order valence-electron chi connectivity index (χ3n) is 4.51. The number of ether oxygens (including phenoxy) is 1. The molecule has 0 aliphatic carbocycles. The van der Waals surface area contributed by atoms with Crippen molar-refractivity contribution in [1.29, 1.82) is 0 Å². The van der Waals surface area contributed by atoms with Crippen molar-refractivity contribution in [1.82, 2.24) is 19.5 Å². The fraction of sp³-hybridized carbons (Fsp3) is 0.438. The first-order chi connectivity index (χ1) is 13.1. The number of nitrogens with one attached hydrogen (secondary N) is 1. The number of aliphatic hydroxyl groups is 4. The summed E-state index contributed by atoms with van der Waals surface area (Å²) in [6, 6.07) is 3.60. The average Bonchev–Trinajstić information content (AvgIpc) is 3.37. The molecule has 0 aromatic carbocycles. The number of hydrogen-bond donors (Lipinski definition) is 5. The van der Waals surface area contributed by atoms with Crippen molar-refractivity contribution in [2.75, 3.05) is 11.9 Å². The molecule has 4 rings (SSSR count). The second-order valence-corrected chi connectivity index (χ2v) is 6.20. The van der Waals surface area contributed by atoms with E-state index in [9.17, 15) is 20.4 Å². The molecule has 3 aliphatic heterocycles. The maximum absolute atomic E-state index is 10.3. The molecule has 5 N–H and O–H groups in total. The number of rotatable bonds is 5. The fourth-order valence-corrected chi connectivity index (χ4v) is 3.06. The van der Waals surface area contributed by atoms with Crippen molar-refractivity contribution in [2.24, 2.45) is 0 Å². The van der Waals surface area contributed by atoms with Crippen LogP contribution in [0.25, 0.3) is 11.5 Å². The smallest absolute Gasteiger partial charge is 0.167 e. The molecule has 0 unspecified atom stereocenters. The molecular weight excluding hydrogens is 358 g/mol. The number of furan rings is 1. The van der Waals surface area contributed by atoms with Gasteiger partial charge in [0.05, 0.1) is 19.4 Å².